The molecule has 0 unspecified atom stereocenters. The molecule has 0 aliphatic carbocycles. The van der Waals surface area contributed by atoms with Crippen LogP contribution in [0.3, 0.4) is 0 Å². The van der Waals surface area contributed by atoms with Gasteiger partial charge in [0.05, 0.1) is 16.8 Å². The molecule has 2 N–H and O–H groups in total. The number of anilines is 3. The zero-order valence-electron chi connectivity index (χ0n) is 15.6. The van der Waals surface area contributed by atoms with Crippen molar-refractivity contribution < 1.29 is 8.42 Å². The Bertz CT molecular complexity index is 1030. The van der Waals surface area contributed by atoms with Crippen molar-refractivity contribution in [2.45, 2.75) is 31.6 Å². The molecule has 0 saturated carbocycles. The molecule has 2 aromatic carbocycles. The maximum Gasteiger partial charge on any atom is 0.263 e. The summed E-state index contributed by atoms with van der Waals surface area (Å²) in [7, 11) is -3.67. The molecule has 5 nitrogen and oxygen atoms in total. The molecule has 3 aromatic rings. The van der Waals surface area contributed by atoms with Crippen LogP contribution in [0.15, 0.2) is 71.8 Å². The van der Waals surface area contributed by atoms with Crippen molar-refractivity contribution in [3.05, 3.63) is 78.0 Å². The van der Waals surface area contributed by atoms with Gasteiger partial charge in [-0.25, -0.2) is 13.4 Å². The first-order chi connectivity index (χ1) is 12.9. The molecule has 0 aliphatic rings. The number of nitrogens with one attached hydrogen (secondary N) is 2. The number of hydrogen-bond acceptors (Lipinski definition) is 4. The van der Waals surface area contributed by atoms with E-state index in [2.05, 4.69) is 34.9 Å². The lowest BCUT2D eigenvalue weighted by atomic mass is 10.0. The van der Waals surface area contributed by atoms with E-state index in [1.54, 1.807) is 43.5 Å². The lowest BCUT2D eigenvalue weighted by Gasteiger charge is -2.15. The van der Waals surface area contributed by atoms with Gasteiger partial charge in [0, 0.05) is 5.69 Å². The summed E-state index contributed by atoms with van der Waals surface area (Å²) >= 11 is 0. The molecule has 0 bridgehead atoms. The van der Waals surface area contributed by atoms with Gasteiger partial charge in [-0.15, -0.1) is 0 Å². The largest absolute Gasteiger partial charge is 0.354 e. The summed E-state index contributed by atoms with van der Waals surface area (Å²) in [5.74, 6) is 0.669. The summed E-state index contributed by atoms with van der Waals surface area (Å²) in [4.78, 5) is 4.49. The van der Waals surface area contributed by atoms with E-state index < -0.39 is 10.0 Å². The molecule has 0 spiro atoms. The summed E-state index contributed by atoms with van der Waals surface area (Å²) in [5.41, 5.74) is 3.71. The molecule has 1 heterocycles. The molecule has 0 amide bonds. The standard InChI is InChI=1S/C21H23N3O2S/c1-15(2)18-9-5-6-10-19(18)23-17-12-13-21(22-14-17)24-27(25,26)20-11-7-4-8-16(20)3/h4-15,23H,1-3H3,(H,22,24). The van der Waals surface area contributed by atoms with Crippen molar-refractivity contribution in [2.24, 2.45) is 0 Å². The molecule has 0 saturated heterocycles. The van der Waals surface area contributed by atoms with Crippen molar-refractivity contribution in [1.82, 2.24) is 4.98 Å². The van der Waals surface area contributed by atoms with Gasteiger partial charge in [-0.3, -0.25) is 4.72 Å². The number of pyridine rings is 1. The fourth-order valence-electron chi connectivity index (χ4n) is 2.85. The van der Waals surface area contributed by atoms with Crippen LogP contribution in [0.5, 0.6) is 0 Å². The van der Waals surface area contributed by atoms with E-state index in [-0.39, 0.29) is 10.7 Å². The number of nitrogens with zero attached hydrogens (tertiary/aromatic N) is 1. The Balaban J connectivity index is 1.78. The monoisotopic (exact) mass is 381 g/mol. The van der Waals surface area contributed by atoms with E-state index in [1.807, 2.05) is 24.3 Å². The second kappa shape index (κ2) is 7.80. The second-order valence-corrected chi connectivity index (χ2v) is 8.32. The summed E-state index contributed by atoms with van der Waals surface area (Å²) < 4.78 is 27.6. The topological polar surface area (TPSA) is 71.1 Å². The maximum atomic E-state index is 12.6. The maximum absolute atomic E-state index is 12.6. The number of hydrogen-bond donors (Lipinski definition) is 2. The summed E-state index contributed by atoms with van der Waals surface area (Å²) in [5, 5.41) is 3.34. The van der Waals surface area contributed by atoms with Gasteiger partial charge in [0.1, 0.15) is 5.82 Å². The fraction of sp³-hybridized carbons (Fsp3) is 0.190. The Hall–Kier alpha value is -2.86. The molecule has 0 aliphatic heterocycles. The van der Waals surface area contributed by atoms with Gasteiger partial charge < -0.3 is 5.32 Å². The SMILES string of the molecule is Cc1ccccc1S(=O)(=O)Nc1ccc(Nc2ccccc2C(C)C)cn1. The Kier molecular flexibility index (Phi) is 5.46. The first-order valence-electron chi connectivity index (χ1n) is 8.77. The van der Waals surface area contributed by atoms with E-state index in [1.165, 1.54) is 5.56 Å². The van der Waals surface area contributed by atoms with Crippen LogP contribution < -0.4 is 10.0 Å². The first-order valence-corrected chi connectivity index (χ1v) is 10.3. The van der Waals surface area contributed by atoms with Crippen LogP contribution in [0.25, 0.3) is 0 Å². The molecule has 140 valence electrons. The van der Waals surface area contributed by atoms with Gasteiger partial charge in [0.2, 0.25) is 0 Å². The highest BCUT2D eigenvalue weighted by molar-refractivity contribution is 7.92. The summed E-state index contributed by atoms with van der Waals surface area (Å²) in [6.07, 6.45) is 1.62. The van der Waals surface area contributed by atoms with Gasteiger partial charge in [-0.1, -0.05) is 50.2 Å². The molecule has 0 fully saturated rings. The Labute approximate surface area is 160 Å². The van der Waals surface area contributed by atoms with E-state index in [0.29, 0.717) is 11.5 Å². The molecule has 3 rings (SSSR count). The lowest BCUT2D eigenvalue weighted by molar-refractivity contribution is 0.600. The van der Waals surface area contributed by atoms with Crippen molar-refractivity contribution in [1.29, 1.82) is 0 Å². The highest BCUT2D eigenvalue weighted by atomic mass is 32.2. The minimum atomic E-state index is -3.67. The van der Waals surface area contributed by atoms with Gasteiger partial charge in [0.25, 0.3) is 10.0 Å². The van der Waals surface area contributed by atoms with Crippen molar-refractivity contribution in [3.8, 4) is 0 Å². The third-order valence-electron chi connectivity index (χ3n) is 4.25. The third-order valence-corrected chi connectivity index (χ3v) is 5.76. The Morgan fingerprint density at radius 2 is 1.63 bits per heavy atom. The molecule has 1 aromatic heterocycles. The van der Waals surface area contributed by atoms with Gasteiger partial charge in [0.15, 0.2) is 0 Å². The lowest BCUT2D eigenvalue weighted by Crippen LogP contribution is -2.15. The molecule has 6 heteroatoms. The van der Waals surface area contributed by atoms with Gasteiger partial charge in [-0.05, 0) is 48.2 Å². The number of aromatic nitrogens is 1. The molecular formula is C21H23N3O2S. The summed E-state index contributed by atoms with van der Waals surface area (Å²) in [6.45, 7) is 6.05. The number of benzene rings is 2. The van der Waals surface area contributed by atoms with E-state index in [0.717, 1.165) is 11.4 Å². The minimum absolute atomic E-state index is 0.250. The van der Waals surface area contributed by atoms with Crippen LogP contribution in [-0.2, 0) is 10.0 Å². The Morgan fingerprint density at radius 1 is 0.926 bits per heavy atom. The van der Waals surface area contributed by atoms with Crippen molar-refractivity contribution >= 4 is 27.2 Å². The number of para-hydroxylation sites is 1. The van der Waals surface area contributed by atoms with Crippen LogP contribution >= 0.6 is 0 Å². The molecule has 0 radical (unpaired) electrons. The zero-order valence-corrected chi connectivity index (χ0v) is 16.4. The highest BCUT2D eigenvalue weighted by Gasteiger charge is 2.16. The minimum Gasteiger partial charge on any atom is -0.354 e. The quantitative estimate of drug-likeness (QED) is 0.626. The second-order valence-electron chi connectivity index (χ2n) is 6.67. The molecule has 0 atom stereocenters. The van der Waals surface area contributed by atoms with E-state index in [4.69, 9.17) is 0 Å². The third kappa shape index (κ3) is 4.46. The number of aryl methyl sites for hydroxylation is 1. The normalized spacial score (nSPS) is 11.4. The van der Waals surface area contributed by atoms with Crippen LogP contribution in [0.4, 0.5) is 17.2 Å². The van der Waals surface area contributed by atoms with Crippen molar-refractivity contribution in [3.63, 3.8) is 0 Å². The van der Waals surface area contributed by atoms with E-state index >= 15 is 0 Å². The predicted octanol–water partition coefficient (Wildman–Crippen LogP) is 5.06. The highest BCUT2D eigenvalue weighted by Crippen LogP contribution is 2.27. The number of rotatable bonds is 6. The molecule has 27 heavy (non-hydrogen) atoms. The first kappa shape index (κ1) is 18.9. The predicted molar refractivity (Wildman–Crippen MR) is 110 cm³/mol. The van der Waals surface area contributed by atoms with E-state index in [9.17, 15) is 8.42 Å². The van der Waals surface area contributed by atoms with Gasteiger partial charge >= 0.3 is 0 Å². The smallest absolute Gasteiger partial charge is 0.263 e. The van der Waals surface area contributed by atoms with Crippen molar-refractivity contribution in [2.75, 3.05) is 10.0 Å². The van der Waals surface area contributed by atoms with Crippen LogP contribution in [0.1, 0.15) is 30.9 Å². The summed E-state index contributed by atoms with van der Waals surface area (Å²) in [6, 6.07) is 18.4. The zero-order chi connectivity index (χ0) is 19.4. The van der Waals surface area contributed by atoms with Crippen LogP contribution in [0.2, 0.25) is 0 Å². The van der Waals surface area contributed by atoms with Crippen LogP contribution in [0, 0.1) is 6.92 Å². The van der Waals surface area contributed by atoms with Gasteiger partial charge in [-0.2, -0.15) is 0 Å². The average Bonchev–Trinajstić information content (AvgIpc) is 2.63. The number of sulfonamides is 1. The molecular weight excluding hydrogens is 358 g/mol. The fourth-order valence-corrected chi connectivity index (χ4v) is 4.10. The Morgan fingerprint density at radius 3 is 2.30 bits per heavy atom. The average molecular weight is 382 g/mol. The van der Waals surface area contributed by atoms with Crippen LogP contribution in [-0.4, -0.2) is 13.4 Å².